The van der Waals surface area contributed by atoms with Crippen LogP contribution < -0.4 is 16.0 Å². The van der Waals surface area contributed by atoms with Crippen LogP contribution in [0, 0.1) is 18.3 Å². The van der Waals surface area contributed by atoms with E-state index >= 15 is 0 Å². The van der Waals surface area contributed by atoms with Gasteiger partial charge < -0.3 is 16.0 Å². The van der Waals surface area contributed by atoms with Crippen LogP contribution in [0.5, 0.6) is 0 Å². The van der Waals surface area contributed by atoms with E-state index in [1.807, 2.05) is 0 Å². The third-order valence-electron chi connectivity index (χ3n) is 6.99. The van der Waals surface area contributed by atoms with Gasteiger partial charge in [-0.25, -0.2) is 4.98 Å². The first kappa shape index (κ1) is 17.8. The van der Waals surface area contributed by atoms with Crippen molar-refractivity contribution in [2.45, 2.75) is 63.8 Å². The number of anilines is 2. The summed E-state index contributed by atoms with van der Waals surface area (Å²) in [5.41, 5.74) is 8.04. The van der Waals surface area contributed by atoms with E-state index in [-0.39, 0.29) is 11.8 Å². The predicted octanol–water partition coefficient (Wildman–Crippen LogP) is 3.37. The number of nitrogens with two attached hydrogens (primary N) is 1. The van der Waals surface area contributed by atoms with E-state index < -0.39 is 8.07 Å². The van der Waals surface area contributed by atoms with Crippen LogP contribution in [0.4, 0.5) is 11.5 Å². The number of amides is 1. The van der Waals surface area contributed by atoms with Crippen LogP contribution in [0.1, 0.15) is 31.4 Å². The lowest BCUT2D eigenvalue weighted by Gasteiger charge is -2.57. The minimum absolute atomic E-state index is 0.119. The van der Waals surface area contributed by atoms with Crippen LogP contribution in [0.2, 0.25) is 25.2 Å². The molecular weight excluding hydrogens is 340 g/mol. The van der Waals surface area contributed by atoms with E-state index in [4.69, 9.17) is 10.7 Å². The number of nitrogens with zero attached hydrogens (tertiary/aromatic N) is 2. The van der Waals surface area contributed by atoms with Crippen molar-refractivity contribution in [3.8, 4) is 0 Å². The lowest BCUT2D eigenvalue weighted by Crippen LogP contribution is -2.55. The lowest BCUT2D eigenvalue weighted by molar-refractivity contribution is -0.134. The Morgan fingerprint density at radius 3 is 2.46 bits per heavy atom. The normalized spacial score (nSPS) is 32.7. The van der Waals surface area contributed by atoms with Gasteiger partial charge >= 0.3 is 0 Å². The molecule has 0 unspecified atom stereocenters. The maximum Gasteiger partial charge on any atom is 0.220 e. The predicted molar refractivity (Wildman–Crippen MR) is 109 cm³/mol. The number of pyridine rings is 1. The summed E-state index contributed by atoms with van der Waals surface area (Å²) in [6.07, 6.45) is 4.30. The number of carbonyl (C=O) groups is 1. The molecule has 26 heavy (non-hydrogen) atoms. The average Bonchev–Trinajstić information content (AvgIpc) is 2.49. The Balaban J connectivity index is 1.31. The molecule has 2 aliphatic carbocycles. The molecule has 2 heterocycles. The lowest BCUT2D eigenvalue weighted by atomic mass is 9.50. The van der Waals surface area contributed by atoms with Crippen LogP contribution in [0.25, 0.3) is 0 Å². The van der Waals surface area contributed by atoms with Gasteiger partial charge in [0, 0.05) is 25.0 Å². The average molecular weight is 373 g/mol. The van der Waals surface area contributed by atoms with Gasteiger partial charge in [-0.3, -0.25) is 4.79 Å². The molecule has 3 fully saturated rings. The molecule has 6 heteroatoms. The van der Waals surface area contributed by atoms with E-state index in [1.165, 1.54) is 12.1 Å². The van der Waals surface area contributed by atoms with E-state index in [2.05, 4.69) is 42.4 Å². The van der Waals surface area contributed by atoms with Crippen molar-refractivity contribution in [1.29, 1.82) is 0 Å². The molecule has 3 aliphatic rings. The molecule has 0 bridgehead atoms. The van der Waals surface area contributed by atoms with Crippen LogP contribution >= 0.6 is 0 Å². The van der Waals surface area contributed by atoms with Crippen molar-refractivity contribution in [3.63, 3.8) is 0 Å². The summed E-state index contributed by atoms with van der Waals surface area (Å²) in [4.78, 5) is 18.6. The standard InChI is InChI=1S/C20H32N4OSi/c1-14-17(23-16-12-20(13-16)10-15(11-20)19(21)25)4-5-18(22-14)24-6-8-26(2,3)9-7-24/h4-5,15-16,23H,6-13H2,1-3H3,(H2,21,25). The molecular formula is C20H32N4OSi. The van der Waals surface area contributed by atoms with E-state index in [1.54, 1.807) is 0 Å². The fraction of sp³-hybridized carbons (Fsp3) is 0.700. The Labute approximate surface area is 157 Å². The molecule has 1 aromatic heterocycles. The van der Waals surface area contributed by atoms with Crippen molar-refractivity contribution < 1.29 is 4.79 Å². The zero-order chi connectivity index (χ0) is 18.5. The van der Waals surface area contributed by atoms with Crippen molar-refractivity contribution in [3.05, 3.63) is 17.8 Å². The van der Waals surface area contributed by atoms with Gasteiger partial charge in [0.25, 0.3) is 0 Å². The first-order valence-electron chi connectivity index (χ1n) is 10.0. The van der Waals surface area contributed by atoms with Crippen molar-refractivity contribution in [2.24, 2.45) is 17.1 Å². The first-order valence-corrected chi connectivity index (χ1v) is 13.5. The summed E-state index contributed by atoms with van der Waals surface area (Å²) in [6.45, 7) is 9.41. The number of rotatable bonds is 4. The van der Waals surface area contributed by atoms with Gasteiger partial charge in [-0.2, -0.15) is 0 Å². The molecule has 0 atom stereocenters. The minimum Gasteiger partial charge on any atom is -0.381 e. The molecule has 2 saturated carbocycles. The summed E-state index contributed by atoms with van der Waals surface area (Å²) in [7, 11) is -0.944. The van der Waals surface area contributed by atoms with Crippen LogP contribution in [0.15, 0.2) is 12.1 Å². The minimum atomic E-state index is -0.944. The van der Waals surface area contributed by atoms with E-state index in [0.717, 1.165) is 56.0 Å². The molecule has 1 aliphatic heterocycles. The topological polar surface area (TPSA) is 71.2 Å². The molecule has 1 aromatic rings. The third kappa shape index (κ3) is 3.35. The highest BCUT2D eigenvalue weighted by atomic mass is 28.3. The zero-order valence-corrected chi connectivity index (χ0v) is 17.3. The van der Waals surface area contributed by atoms with Gasteiger partial charge in [-0.1, -0.05) is 13.1 Å². The highest BCUT2D eigenvalue weighted by Crippen LogP contribution is 2.59. The highest BCUT2D eigenvalue weighted by molar-refractivity contribution is 6.77. The number of hydrogen-bond acceptors (Lipinski definition) is 4. The monoisotopic (exact) mass is 372 g/mol. The largest absolute Gasteiger partial charge is 0.381 e. The Morgan fingerprint density at radius 1 is 1.23 bits per heavy atom. The number of primary amides is 1. The van der Waals surface area contributed by atoms with Gasteiger partial charge in [0.2, 0.25) is 5.91 Å². The zero-order valence-electron chi connectivity index (χ0n) is 16.3. The second-order valence-corrected chi connectivity index (χ2v) is 15.0. The first-order chi connectivity index (χ1) is 12.3. The summed E-state index contributed by atoms with van der Waals surface area (Å²) in [5, 5.41) is 3.67. The number of nitrogens with one attached hydrogen (secondary N) is 1. The van der Waals surface area contributed by atoms with Crippen LogP contribution in [-0.2, 0) is 4.79 Å². The summed E-state index contributed by atoms with van der Waals surface area (Å²) < 4.78 is 0. The summed E-state index contributed by atoms with van der Waals surface area (Å²) in [6, 6.07) is 7.62. The number of carbonyl (C=O) groups excluding carboxylic acids is 1. The van der Waals surface area contributed by atoms with E-state index in [9.17, 15) is 4.79 Å². The van der Waals surface area contributed by atoms with Crippen molar-refractivity contribution in [1.82, 2.24) is 4.98 Å². The van der Waals surface area contributed by atoms with Gasteiger partial charge in [0.15, 0.2) is 0 Å². The Kier molecular flexibility index (Phi) is 4.29. The number of aromatic nitrogens is 1. The molecule has 5 nitrogen and oxygen atoms in total. The highest BCUT2D eigenvalue weighted by Gasteiger charge is 2.54. The van der Waals surface area contributed by atoms with Gasteiger partial charge in [0.1, 0.15) is 5.82 Å². The molecule has 1 saturated heterocycles. The molecule has 3 N–H and O–H groups in total. The molecule has 4 rings (SSSR count). The van der Waals surface area contributed by atoms with Crippen molar-refractivity contribution >= 4 is 25.5 Å². The summed E-state index contributed by atoms with van der Waals surface area (Å²) in [5.74, 6) is 1.13. The van der Waals surface area contributed by atoms with Gasteiger partial charge in [0.05, 0.1) is 19.5 Å². The Morgan fingerprint density at radius 2 is 1.88 bits per heavy atom. The fourth-order valence-corrected chi connectivity index (χ4v) is 7.05. The van der Waals surface area contributed by atoms with Gasteiger partial charge in [-0.15, -0.1) is 0 Å². The Hall–Kier alpha value is -1.56. The Bertz CT molecular complexity index is 696. The number of aryl methyl sites for hydroxylation is 1. The fourth-order valence-electron chi connectivity index (χ4n) is 5.05. The maximum atomic E-state index is 11.2. The van der Waals surface area contributed by atoms with Crippen molar-refractivity contribution in [2.75, 3.05) is 23.3 Å². The molecule has 0 aromatic carbocycles. The molecule has 0 radical (unpaired) electrons. The maximum absolute atomic E-state index is 11.2. The SMILES string of the molecule is Cc1nc(N2CC[Si](C)(C)CC2)ccc1NC1CC2(C1)CC(C(N)=O)C2. The van der Waals surface area contributed by atoms with Crippen LogP contribution in [0.3, 0.4) is 0 Å². The molecule has 1 spiro atoms. The van der Waals surface area contributed by atoms with Crippen LogP contribution in [-0.4, -0.2) is 38.1 Å². The molecule has 1 amide bonds. The third-order valence-corrected chi connectivity index (χ3v) is 10.1. The second kappa shape index (κ2) is 6.25. The molecule has 142 valence electrons. The van der Waals surface area contributed by atoms with Gasteiger partial charge in [-0.05, 0) is 62.2 Å². The summed E-state index contributed by atoms with van der Waals surface area (Å²) >= 11 is 0. The second-order valence-electron chi connectivity index (χ2n) is 9.71. The quantitative estimate of drug-likeness (QED) is 0.795. The smallest absolute Gasteiger partial charge is 0.220 e. The van der Waals surface area contributed by atoms with E-state index in [0.29, 0.717) is 11.5 Å². The number of hydrogen-bond donors (Lipinski definition) is 2.